The van der Waals surface area contributed by atoms with Crippen molar-refractivity contribution in [2.24, 2.45) is 5.92 Å². The molecule has 4 amide bonds. The number of nitrogens with one attached hydrogen (secondary N) is 2. The summed E-state index contributed by atoms with van der Waals surface area (Å²) in [6.45, 7) is 1.96. The van der Waals surface area contributed by atoms with Crippen LogP contribution < -0.4 is 20.4 Å². The second kappa shape index (κ2) is 11.4. The van der Waals surface area contributed by atoms with E-state index in [2.05, 4.69) is 26.0 Å². The molecule has 0 spiro atoms. The van der Waals surface area contributed by atoms with Crippen LogP contribution in [0.1, 0.15) is 32.6 Å². The van der Waals surface area contributed by atoms with E-state index in [1.165, 1.54) is 34.2 Å². The van der Waals surface area contributed by atoms with Gasteiger partial charge in [-0.3, -0.25) is 14.5 Å². The summed E-state index contributed by atoms with van der Waals surface area (Å²) in [4.78, 5) is 46.0. The average molecular weight is 569 g/mol. The minimum Gasteiger partial charge on any atom is -0.318 e. The van der Waals surface area contributed by atoms with Crippen molar-refractivity contribution in [2.75, 3.05) is 15.1 Å². The molecule has 214 valence electrons. The first kappa shape index (κ1) is 27.1. The Labute approximate surface area is 241 Å². The van der Waals surface area contributed by atoms with Crippen molar-refractivity contribution in [1.82, 2.24) is 25.5 Å². The van der Waals surface area contributed by atoms with Gasteiger partial charge in [0, 0.05) is 6.04 Å². The number of hydrogen-bond donors (Lipinski definition) is 2. The smallest absolute Gasteiger partial charge is 0.318 e. The molecule has 2 N–H and O–H groups in total. The summed E-state index contributed by atoms with van der Waals surface area (Å²) in [5.74, 6) is -1.79. The summed E-state index contributed by atoms with van der Waals surface area (Å²) >= 11 is 0. The predicted octanol–water partition coefficient (Wildman–Crippen LogP) is 4.58. The van der Waals surface area contributed by atoms with Crippen LogP contribution in [0, 0.1) is 11.7 Å². The standard InChI is InChI=1S/C30H29FN8O3/c1-19(20-10-2-3-11-20)37-25-16-8-9-17-26(25)38(23-14-6-4-12-21(23)31)29(41)27(28(37)40)35-30(42)34-22-13-5-7-15-24(22)39-33-18-32-36-39/h4-9,12-20,27H,2-3,10-11H2,1H3,(H2,34,35,42). The van der Waals surface area contributed by atoms with Gasteiger partial charge in [-0.1, -0.05) is 49.2 Å². The molecule has 1 aliphatic heterocycles. The van der Waals surface area contributed by atoms with Gasteiger partial charge in [-0.25, -0.2) is 9.18 Å². The summed E-state index contributed by atoms with van der Waals surface area (Å²) in [6.07, 6.45) is 5.27. The number of benzene rings is 3. The van der Waals surface area contributed by atoms with E-state index in [0.717, 1.165) is 25.7 Å². The number of tetrazole rings is 1. The Morgan fingerprint density at radius 2 is 1.52 bits per heavy atom. The van der Waals surface area contributed by atoms with Crippen LogP contribution in [0.25, 0.3) is 5.69 Å². The lowest BCUT2D eigenvalue weighted by atomic mass is 9.97. The number of halogens is 1. The number of urea groups is 1. The lowest BCUT2D eigenvalue weighted by Crippen LogP contribution is -2.57. The fraction of sp³-hybridized carbons (Fsp3) is 0.267. The number of para-hydroxylation sites is 5. The van der Waals surface area contributed by atoms with Gasteiger partial charge in [0.1, 0.15) is 11.5 Å². The van der Waals surface area contributed by atoms with Crippen LogP contribution >= 0.6 is 0 Å². The number of anilines is 4. The first-order valence-corrected chi connectivity index (χ1v) is 13.8. The molecule has 42 heavy (non-hydrogen) atoms. The molecular formula is C30H29FN8O3. The number of rotatable bonds is 6. The van der Waals surface area contributed by atoms with Gasteiger partial charge >= 0.3 is 6.03 Å². The maximum absolute atomic E-state index is 15.2. The molecule has 4 aromatic rings. The second-order valence-electron chi connectivity index (χ2n) is 10.4. The van der Waals surface area contributed by atoms with Crippen LogP contribution in [0.3, 0.4) is 0 Å². The number of amides is 4. The third kappa shape index (κ3) is 4.95. The lowest BCUT2D eigenvalue weighted by molar-refractivity contribution is -0.128. The molecule has 0 radical (unpaired) electrons. The molecule has 1 aromatic heterocycles. The van der Waals surface area contributed by atoms with Crippen LogP contribution in [0.4, 0.5) is 31.9 Å². The van der Waals surface area contributed by atoms with Gasteiger partial charge in [0.2, 0.25) is 0 Å². The van der Waals surface area contributed by atoms with Crippen LogP contribution in [0.2, 0.25) is 0 Å². The molecule has 1 saturated carbocycles. The summed E-state index contributed by atoms with van der Waals surface area (Å²) in [5.41, 5.74) is 1.57. The van der Waals surface area contributed by atoms with Crippen molar-refractivity contribution in [2.45, 2.75) is 44.7 Å². The van der Waals surface area contributed by atoms with Gasteiger partial charge in [-0.05, 0) is 67.3 Å². The zero-order valence-electron chi connectivity index (χ0n) is 22.9. The van der Waals surface area contributed by atoms with E-state index in [9.17, 15) is 14.4 Å². The van der Waals surface area contributed by atoms with Gasteiger partial charge < -0.3 is 15.5 Å². The predicted molar refractivity (Wildman–Crippen MR) is 154 cm³/mol. The van der Waals surface area contributed by atoms with E-state index in [1.54, 1.807) is 59.5 Å². The van der Waals surface area contributed by atoms with Crippen molar-refractivity contribution in [3.63, 3.8) is 0 Å². The average Bonchev–Trinajstić information content (AvgIpc) is 3.72. The van der Waals surface area contributed by atoms with E-state index in [0.29, 0.717) is 22.7 Å². The molecule has 2 heterocycles. The topological polar surface area (TPSA) is 125 Å². The number of nitrogens with zero attached hydrogens (tertiary/aromatic N) is 6. The number of carbonyl (C=O) groups excluding carboxylic acids is 3. The number of aromatic nitrogens is 4. The van der Waals surface area contributed by atoms with E-state index in [-0.39, 0.29) is 17.6 Å². The maximum Gasteiger partial charge on any atom is 0.320 e. The Morgan fingerprint density at radius 1 is 0.881 bits per heavy atom. The number of carbonyl (C=O) groups is 3. The molecular weight excluding hydrogens is 539 g/mol. The Bertz CT molecular complexity index is 1620. The minimum absolute atomic E-state index is 0.0204. The van der Waals surface area contributed by atoms with Crippen molar-refractivity contribution >= 4 is 40.6 Å². The van der Waals surface area contributed by atoms with Crippen LogP contribution in [-0.2, 0) is 9.59 Å². The Kier molecular flexibility index (Phi) is 7.34. The third-order valence-electron chi connectivity index (χ3n) is 7.91. The fourth-order valence-electron chi connectivity index (χ4n) is 5.86. The highest BCUT2D eigenvalue weighted by Gasteiger charge is 2.45. The van der Waals surface area contributed by atoms with Crippen molar-refractivity contribution < 1.29 is 18.8 Å². The van der Waals surface area contributed by atoms with Crippen LogP contribution in [0.5, 0.6) is 0 Å². The molecule has 0 bridgehead atoms. The Balaban J connectivity index is 1.40. The molecule has 1 aliphatic carbocycles. The van der Waals surface area contributed by atoms with Gasteiger partial charge in [-0.2, -0.15) is 0 Å². The van der Waals surface area contributed by atoms with Gasteiger partial charge in [-0.15, -0.1) is 15.0 Å². The molecule has 11 nitrogen and oxygen atoms in total. The molecule has 0 saturated heterocycles. The Morgan fingerprint density at radius 3 is 2.21 bits per heavy atom. The maximum atomic E-state index is 15.2. The summed E-state index contributed by atoms with van der Waals surface area (Å²) < 4.78 is 15.2. The van der Waals surface area contributed by atoms with Gasteiger partial charge in [0.15, 0.2) is 12.4 Å². The first-order chi connectivity index (χ1) is 20.4. The fourth-order valence-corrected chi connectivity index (χ4v) is 5.86. The summed E-state index contributed by atoms with van der Waals surface area (Å²) in [6, 6.07) is 16.9. The summed E-state index contributed by atoms with van der Waals surface area (Å²) in [5, 5.41) is 16.9. The SMILES string of the molecule is CC(C1CCCC1)N1C(=O)C(NC(=O)Nc2ccccc2-n2ncnn2)C(=O)N(c2ccccc2F)c2ccccc21. The largest absolute Gasteiger partial charge is 0.320 e. The van der Waals surface area contributed by atoms with Crippen LogP contribution in [-0.4, -0.2) is 50.1 Å². The highest BCUT2D eigenvalue weighted by atomic mass is 19.1. The lowest BCUT2D eigenvalue weighted by Gasteiger charge is -2.34. The van der Waals surface area contributed by atoms with Gasteiger partial charge in [0.25, 0.3) is 11.8 Å². The second-order valence-corrected chi connectivity index (χ2v) is 10.4. The zero-order valence-corrected chi connectivity index (χ0v) is 22.9. The zero-order chi connectivity index (χ0) is 29.2. The molecule has 12 heteroatoms. The van der Waals surface area contributed by atoms with E-state index in [4.69, 9.17) is 0 Å². The molecule has 1 fully saturated rings. The number of fused-ring (bicyclic) bond motifs is 1. The van der Waals surface area contributed by atoms with Crippen molar-refractivity contribution in [3.8, 4) is 5.69 Å². The minimum atomic E-state index is -1.64. The quantitative estimate of drug-likeness (QED) is 0.328. The van der Waals surface area contributed by atoms with E-state index < -0.39 is 29.7 Å². The third-order valence-corrected chi connectivity index (χ3v) is 7.91. The highest BCUT2D eigenvalue weighted by Crippen LogP contribution is 2.42. The summed E-state index contributed by atoms with van der Waals surface area (Å²) in [7, 11) is 0. The molecule has 2 unspecified atom stereocenters. The molecule has 2 aliphatic rings. The van der Waals surface area contributed by atoms with Crippen LogP contribution in [0.15, 0.2) is 79.1 Å². The normalized spacial score (nSPS) is 18.0. The van der Waals surface area contributed by atoms with E-state index >= 15 is 4.39 Å². The Hall–Kier alpha value is -5.13. The van der Waals surface area contributed by atoms with Gasteiger partial charge in [0.05, 0.1) is 22.7 Å². The molecule has 2 atom stereocenters. The van der Waals surface area contributed by atoms with E-state index in [1.807, 2.05) is 6.92 Å². The molecule has 6 rings (SSSR count). The number of hydrogen-bond acceptors (Lipinski definition) is 6. The first-order valence-electron chi connectivity index (χ1n) is 13.8. The van der Waals surface area contributed by atoms with Crippen molar-refractivity contribution in [3.05, 3.63) is 84.9 Å². The van der Waals surface area contributed by atoms with Crippen molar-refractivity contribution in [1.29, 1.82) is 0 Å². The molecule has 3 aromatic carbocycles. The monoisotopic (exact) mass is 568 g/mol. The highest BCUT2D eigenvalue weighted by molar-refractivity contribution is 6.24.